The number of carbonyl (C=O) groups excluding carboxylic acids is 2. The van der Waals surface area contributed by atoms with Crippen LogP contribution in [-0.2, 0) is 16.0 Å². The van der Waals surface area contributed by atoms with Crippen LogP contribution in [0.3, 0.4) is 0 Å². The number of esters is 1. The summed E-state index contributed by atoms with van der Waals surface area (Å²) in [6, 6.07) is 7.99. The molecule has 6 nitrogen and oxygen atoms in total. The standard InChI is InChI=1S/C22H26FN3O3/c1-2-29-21(28)22(13-15-4-8-17(23)9-5-15)10-3-11-26(14-22)20(27)19-12-18(24-25-19)16-6-7-16/h4-5,8-9,12,16H,2-3,6-7,10-11,13-14H2,1H3,(H,24,25)/t22-/m0/s1. The third kappa shape index (κ3) is 4.18. The molecule has 29 heavy (non-hydrogen) atoms. The van der Waals surface area contributed by atoms with Crippen LogP contribution in [0.1, 0.15) is 60.3 Å². The van der Waals surface area contributed by atoms with Crippen molar-refractivity contribution in [2.75, 3.05) is 19.7 Å². The number of benzene rings is 1. The number of halogens is 1. The van der Waals surface area contributed by atoms with Crippen molar-refractivity contribution >= 4 is 11.9 Å². The molecule has 1 atom stereocenters. The minimum atomic E-state index is -0.836. The SMILES string of the molecule is CCOC(=O)[C@]1(Cc2ccc(F)cc2)CCCN(C(=O)c2cc(C3CC3)[nH]n2)C1. The second-order valence-corrected chi connectivity index (χ2v) is 8.12. The summed E-state index contributed by atoms with van der Waals surface area (Å²) in [7, 11) is 0. The van der Waals surface area contributed by atoms with E-state index in [1.165, 1.54) is 12.1 Å². The van der Waals surface area contributed by atoms with E-state index in [2.05, 4.69) is 10.2 Å². The predicted octanol–water partition coefficient (Wildman–Crippen LogP) is 3.45. The smallest absolute Gasteiger partial charge is 0.314 e. The first kappa shape index (κ1) is 19.6. The second kappa shape index (κ2) is 7.97. The number of hydrogen-bond donors (Lipinski definition) is 1. The quantitative estimate of drug-likeness (QED) is 0.755. The predicted molar refractivity (Wildman–Crippen MR) is 105 cm³/mol. The molecule has 2 aromatic rings. The van der Waals surface area contributed by atoms with Gasteiger partial charge in [0.25, 0.3) is 5.91 Å². The Balaban J connectivity index is 1.56. The number of piperidine rings is 1. The number of amides is 1. The van der Waals surface area contributed by atoms with Crippen molar-refractivity contribution in [1.29, 1.82) is 0 Å². The van der Waals surface area contributed by atoms with E-state index in [-0.39, 0.29) is 30.8 Å². The largest absolute Gasteiger partial charge is 0.466 e. The summed E-state index contributed by atoms with van der Waals surface area (Å²) < 4.78 is 18.7. The molecule has 1 aliphatic carbocycles. The van der Waals surface area contributed by atoms with Gasteiger partial charge in [-0.2, -0.15) is 5.10 Å². The fraction of sp³-hybridized carbons (Fsp3) is 0.500. The van der Waals surface area contributed by atoms with E-state index in [9.17, 15) is 14.0 Å². The number of hydrogen-bond acceptors (Lipinski definition) is 4. The highest BCUT2D eigenvalue weighted by Crippen LogP contribution is 2.39. The van der Waals surface area contributed by atoms with Crippen LogP contribution in [0.2, 0.25) is 0 Å². The summed E-state index contributed by atoms with van der Waals surface area (Å²) >= 11 is 0. The lowest BCUT2D eigenvalue weighted by Crippen LogP contribution is -2.51. The third-order valence-corrected chi connectivity index (χ3v) is 5.86. The highest BCUT2D eigenvalue weighted by Gasteiger charge is 2.45. The number of nitrogens with one attached hydrogen (secondary N) is 1. The summed E-state index contributed by atoms with van der Waals surface area (Å²) in [6.07, 6.45) is 3.99. The minimum Gasteiger partial charge on any atom is -0.466 e. The molecule has 0 radical (unpaired) electrons. The van der Waals surface area contributed by atoms with Crippen molar-refractivity contribution in [3.63, 3.8) is 0 Å². The number of nitrogens with zero attached hydrogens (tertiary/aromatic N) is 2. The molecule has 2 fully saturated rings. The van der Waals surface area contributed by atoms with Crippen molar-refractivity contribution < 1.29 is 18.7 Å². The van der Waals surface area contributed by atoms with Crippen LogP contribution in [0.4, 0.5) is 4.39 Å². The molecule has 0 spiro atoms. The van der Waals surface area contributed by atoms with Crippen LogP contribution < -0.4 is 0 Å². The van der Waals surface area contributed by atoms with E-state index in [0.717, 1.165) is 24.1 Å². The lowest BCUT2D eigenvalue weighted by molar-refractivity contribution is -0.158. The number of rotatable bonds is 6. The van der Waals surface area contributed by atoms with E-state index in [1.54, 1.807) is 24.0 Å². The number of aromatic amines is 1. The van der Waals surface area contributed by atoms with E-state index in [4.69, 9.17) is 4.74 Å². The second-order valence-electron chi connectivity index (χ2n) is 8.12. The fourth-order valence-corrected chi connectivity index (χ4v) is 4.18. The van der Waals surface area contributed by atoms with Gasteiger partial charge in [-0.05, 0) is 62.8 Å². The van der Waals surface area contributed by atoms with E-state index < -0.39 is 5.41 Å². The van der Waals surface area contributed by atoms with Crippen molar-refractivity contribution in [3.8, 4) is 0 Å². The molecule has 1 aromatic carbocycles. The number of carbonyl (C=O) groups is 2. The molecule has 1 saturated heterocycles. The Kier molecular flexibility index (Phi) is 5.39. The number of H-pyrrole nitrogens is 1. The Morgan fingerprint density at radius 2 is 2.07 bits per heavy atom. The lowest BCUT2D eigenvalue weighted by Gasteiger charge is -2.40. The highest BCUT2D eigenvalue weighted by molar-refractivity contribution is 5.93. The molecule has 154 valence electrons. The first-order chi connectivity index (χ1) is 14.0. The van der Waals surface area contributed by atoms with Gasteiger partial charge >= 0.3 is 5.97 Å². The molecule has 2 heterocycles. The first-order valence-electron chi connectivity index (χ1n) is 10.3. The number of ether oxygens (including phenoxy) is 1. The average molecular weight is 399 g/mol. The summed E-state index contributed by atoms with van der Waals surface area (Å²) in [5, 5.41) is 7.17. The summed E-state index contributed by atoms with van der Waals surface area (Å²) in [5.74, 6) is -0.296. The van der Waals surface area contributed by atoms with Gasteiger partial charge in [-0.1, -0.05) is 12.1 Å². The maximum Gasteiger partial charge on any atom is 0.314 e. The zero-order valence-electron chi connectivity index (χ0n) is 16.6. The van der Waals surface area contributed by atoms with E-state index in [0.29, 0.717) is 37.4 Å². The molecular formula is C22H26FN3O3. The van der Waals surface area contributed by atoms with Crippen LogP contribution >= 0.6 is 0 Å². The monoisotopic (exact) mass is 399 g/mol. The molecule has 1 saturated carbocycles. The maximum atomic E-state index is 13.3. The molecule has 7 heteroatoms. The highest BCUT2D eigenvalue weighted by atomic mass is 19.1. The van der Waals surface area contributed by atoms with Crippen molar-refractivity contribution in [2.24, 2.45) is 5.41 Å². The van der Waals surface area contributed by atoms with Crippen molar-refractivity contribution in [3.05, 3.63) is 53.1 Å². The normalized spacial score (nSPS) is 21.8. The fourth-order valence-electron chi connectivity index (χ4n) is 4.18. The lowest BCUT2D eigenvalue weighted by atomic mass is 9.75. The van der Waals surface area contributed by atoms with E-state index >= 15 is 0 Å². The number of likely N-dealkylation sites (tertiary alicyclic amines) is 1. The Morgan fingerprint density at radius 3 is 2.76 bits per heavy atom. The summed E-state index contributed by atoms with van der Waals surface area (Å²) in [4.78, 5) is 27.7. The Hall–Kier alpha value is -2.70. The zero-order chi connectivity index (χ0) is 20.4. The Morgan fingerprint density at radius 1 is 1.31 bits per heavy atom. The van der Waals surface area contributed by atoms with Gasteiger partial charge in [0, 0.05) is 24.7 Å². The van der Waals surface area contributed by atoms with Gasteiger partial charge in [0.1, 0.15) is 11.5 Å². The van der Waals surface area contributed by atoms with Crippen molar-refractivity contribution in [1.82, 2.24) is 15.1 Å². The van der Waals surface area contributed by atoms with Gasteiger partial charge < -0.3 is 9.64 Å². The van der Waals surface area contributed by atoms with Gasteiger partial charge in [-0.15, -0.1) is 0 Å². The van der Waals surface area contributed by atoms with Gasteiger partial charge in [-0.25, -0.2) is 4.39 Å². The minimum absolute atomic E-state index is 0.166. The third-order valence-electron chi connectivity index (χ3n) is 5.86. The molecular weight excluding hydrogens is 373 g/mol. The van der Waals surface area contributed by atoms with Gasteiger partial charge in [0.05, 0.1) is 12.0 Å². The molecule has 0 unspecified atom stereocenters. The van der Waals surface area contributed by atoms with Gasteiger partial charge in [0.2, 0.25) is 0 Å². The molecule has 1 aromatic heterocycles. The topological polar surface area (TPSA) is 75.3 Å². The van der Waals surface area contributed by atoms with Gasteiger partial charge in [-0.3, -0.25) is 14.7 Å². The molecule has 1 N–H and O–H groups in total. The van der Waals surface area contributed by atoms with E-state index in [1.807, 2.05) is 6.07 Å². The summed E-state index contributed by atoms with van der Waals surface area (Å²) in [5.41, 5.74) is 1.42. The molecule has 4 rings (SSSR count). The maximum absolute atomic E-state index is 13.3. The number of aromatic nitrogens is 2. The van der Waals surface area contributed by atoms with Crippen LogP contribution in [-0.4, -0.2) is 46.7 Å². The van der Waals surface area contributed by atoms with Crippen LogP contribution in [0.5, 0.6) is 0 Å². The molecule has 1 amide bonds. The first-order valence-corrected chi connectivity index (χ1v) is 10.3. The average Bonchev–Trinajstić information content (AvgIpc) is 3.46. The van der Waals surface area contributed by atoms with Crippen LogP contribution in [0.25, 0.3) is 0 Å². The van der Waals surface area contributed by atoms with Crippen LogP contribution in [0, 0.1) is 11.2 Å². The van der Waals surface area contributed by atoms with Crippen molar-refractivity contribution in [2.45, 2.75) is 44.9 Å². The molecule has 2 aliphatic rings. The Bertz CT molecular complexity index is 891. The molecule has 1 aliphatic heterocycles. The zero-order valence-corrected chi connectivity index (χ0v) is 16.6. The molecule has 0 bridgehead atoms. The van der Waals surface area contributed by atoms with Gasteiger partial charge in [0.15, 0.2) is 0 Å². The Labute approximate surface area is 169 Å². The van der Waals surface area contributed by atoms with Crippen LogP contribution in [0.15, 0.2) is 30.3 Å². The summed E-state index contributed by atoms with van der Waals surface area (Å²) in [6.45, 7) is 2.91.